The molecule has 0 radical (unpaired) electrons. The number of aromatic nitrogens is 2. The monoisotopic (exact) mass is 432 g/mol. The van der Waals surface area contributed by atoms with Crippen LogP contribution >= 0.6 is 0 Å². The number of likely N-dealkylation sites (tertiary alicyclic amines) is 1. The number of hydrogen-bond donors (Lipinski definition) is 0. The van der Waals surface area contributed by atoms with Gasteiger partial charge in [-0.25, -0.2) is 9.07 Å². The average Bonchev–Trinajstić information content (AvgIpc) is 3.29. The highest BCUT2D eigenvalue weighted by molar-refractivity contribution is 5.99. The first kappa shape index (κ1) is 20.4. The number of fused-ring (bicyclic) bond motifs is 1. The molecule has 2 amide bonds. The molecule has 164 valence electrons. The van der Waals surface area contributed by atoms with Gasteiger partial charge in [0, 0.05) is 24.7 Å². The van der Waals surface area contributed by atoms with E-state index < -0.39 is 5.82 Å². The second-order valence-corrected chi connectivity index (χ2v) is 8.49. The van der Waals surface area contributed by atoms with Crippen LogP contribution in [0.5, 0.6) is 0 Å². The van der Waals surface area contributed by atoms with Crippen LogP contribution in [-0.4, -0.2) is 50.5 Å². The Balaban J connectivity index is 1.35. The lowest BCUT2D eigenvalue weighted by Crippen LogP contribution is -2.48. The molecule has 0 N–H and O–H groups in total. The largest absolute Gasteiger partial charge is 0.338 e. The second-order valence-electron chi connectivity index (χ2n) is 8.49. The molecule has 1 saturated heterocycles. The minimum absolute atomic E-state index is 0.0177. The first-order chi connectivity index (χ1) is 15.5. The SMILES string of the molecule is Cc1nn(-c2ccccc2)c2c1C(C)N(C1CCN(C(=O)c3ccccc3F)CC1)C2=O. The van der Waals surface area contributed by atoms with Gasteiger partial charge in [0.15, 0.2) is 0 Å². The number of piperidine rings is 1. The number of carbonyl (C=O) groups is 2. The lowest BCUT2D eigenvalue weighted by Gasteiger charge is -2.39. The molecule has 1 atom stereocenters. The Hall–Kier alpha value is -3.48. The summed E-state index contributed by atoms with van der Waals surface area (Å²) in [5, 5.41) is 4.64. The van der Waals surface area contributed by atoms with E-state index in [9.17, 15) is 14.0 Å². The van der Waals surface area contributed by atoms with Gasteiger partial charge in [-0.1, -0.05) is 30.3 Å². The predicted molar refractivity (Wildman–Crippen MR) is 118 cm³/mol. The Morgan fingerprint density at radius 2 is 1.69 bits per heavy atom. The van der Waals surface area contributed by atoms with E-state index in [0.717, 1.165) is 16.9 Å². The molecule has 2 aliphatic heterocycles. The summed E-state index contributed by atoms with van der Waals surface area (Å²) < 4.78 is 15.8. The van der Waals surface area contributed by atoms with Crippen LogP contribution < -0.4 is 0 Å². The van der Waals surface area contributed by atoms with Crippen molar-refractivity contribution in [2.75, 3.05) is 13.1 Å². The number of hydrogen-bond acceptors (Lipinski definition) is 3. The second kappa shape index (κ2) is 7.89. The summed E-state index contributed by atoms with van der Waals surface area (Å²) in [5.41, 5.74) is 3.43. The maximum Gasteiger partial charge on any atom is 0.273 e. The predicted octanol–water partition coefficient (Wildman–Crippen LogP) is 4.14. The minimum atomic E-state index is -0.501. The van der Waals surface area contributed by atoms with Crippen LogP contribution in [0.15, 0.2) is 54.6 Å². The van der Waals surface area contributed by atoms with Crippen LogP contribution in [0.1, 0.15) is 57.9 Å². The van der Waals surface area contributed by atoms with Gasteiger partial charge in [-0.2, -0.15) is 5.10 Å². The molecule has 0 bridgehead atoms. The van der Waals surface area contributed by atoms with Crippen LogP contribution in [0.3, 0.4) is 0 Å². The van der Waals surface area contributed by atoms with Gasteiger partial charge in [0.2, 0.25) is 0 Å². The summed E-state index contributed by atoms with van der Waals surface area (Å²) >= 11 is 0. The van der Waals surface area contributed by atoms with E-state index in [1.807, 2.05) is 49.1 Å². The lowest BCUT2D eigenvalue weighted by molar-refractivity contribution is 0.0469. The van der Waals surface area contributed by atoms with Gasteiger partial charge < -0.3 is 9.80 Å². The quantitative estimate of drug-likeness (QED) is 0.625. The molecular formula is C25H25FN4O2. The van der Waals surface area contributed by atoms with Gasteiger partial charge in [0.25, 0.3) is 11.8 Å². The lowest BCUT2D eigenvalue weighted by atomic mass is 10.0. The summed E-state index contributed by atoms with van der Waals surface area (Å²) in [4.78, 5) is 29.9. The standard InChI is InChI=1S/C25H25FN4O2/c1-16-22-17(2)29(25(32)23(22)30(27-16)19-8-4-3-5-9-19)18-12-14-28(15-13-18)24(31)20-10-6-7-11-21(20)26/h3-11,17-18H,12-15H2,1-2H3. The van der Waals surface area contributed by atoms with Gasteiger partial charge in [-0.15, -0.1) is 0 Å². The van der Waals surface area contributed by atoms with Crippen molar-refractivity contribution in [1.82, 2.24) is 19.6 Å². The third-order valence-corrected chi connectivity index (χ3v) is 6.63. The molecule has 0 aliphatic carbocycles. The summed E-state index contributed by atoms with van der Waals surface area (Å²) in [7, 11) is 0. The molecular weight excluding hydrogens is 407 g/mol. The fourth-order valence-corrected chi connectivity index (χ4v) is 5.07. The molecule has 3 heterocycles. The molecule has 3 aromatic rings. The molecule has 5 rings (SSSR count). The number of rotatable bonds is 3. The maximum absolute atomic E-state index is 14.0. The molecule has 1 aromatic heterocycles. The average molecular weight is 432 g/mol. The van der Waals surface area contributed by atoms with Gasteiger partial charge in [0.05, 0.1) is 23.0 Å². The van der Waals surface area contributed by atoms with Gasteiger partial charge in [-0.3, -0.25) is 9.59 Å². The van der Waals surface area contributed by atoms with Crippen LogP contribution in [0, 0.1) is 12.7 Å². The zero-order valence-corrected chi connectivity index (χ0v) is 18.2. The molecule has 0 spiro atoms. The Morgan fingerprint density at radius 1 is 1.03 bits per heavy atom. The number of aryl methyl sites for hydroxylation is 1. The molecule has 0 saturated carbocycles. The maximum atomic E-state index is 14.0. The Labute approximate surface area is 186 Å². The number of halogens is 1. The number of benzene rings is 2. The summed E-state index contributed by atoms with van der Waals surface area (Å²) in [5.74, 6) is -0.809. The van der Waals surface area contributed by atoms with Crippen LogP contribution in [-0.2, 0) is 0 Å². The van der Waals surface area contributed by atoms with Gasteiger partial charge >= 0.3 is 0 Å². The molecule has 2 aliphatic rings. The third-order valence-electron chi connectivity index (χ3n) is 6.63. The Morgan fingerprint density at radius 3 is 2.38 bits per heavy atom. The number of amides is 2. The summed E-state index contributed by atoms with van der Waals surface area (Å²) in [6.07, 6.45) is 1.33. The van der Waals surface area contributed by atoms with E-state index in [2.05, 4.69) is 5.10 Å². The molecule has 1 unspecified atom stereocenters. The van der Waals surface area contributed by atoms with E-state index in [0.29, 0.717) is 31.6 Å². The topological polar surface area (TPSA) is 58.4 Å². The highest BCUT2D eigenvalue weighted by Gasteiger charge is 2.44. The Kier molecular flexibility index (Phi) is 5.04. The van der Waals surface area contributed by atoms with Crippen LogP contribution in [0.25, 0.3) is 5.69 Å². The van der Waals surface area contributed by atoms with Gasteiger partial charge in [0.1, 0.15) is 11.5 Å². The molecule has 2 aromatic carbocycles. The zero-order valence-electron chi connectivity index (χ0n) is 18.2. The van der Waals surface area contributed by atoms with E-state index in [-0.39, 0.29) is 29.5 Å². The van der Waals surface area contributed by atoms with Crippen molar-refractivity contribution in [3.05, 3.63) is 82.9 Å². The molecule has 32 heavy (non-hydrogen) atoms. The van der Waals surface area contributed by atoms with Crippen molar-refractivity contribution in [2.45, 2.75) is 38.8 Å². The first-order valence-electron chi connectivity index (χ1n) is 11.0. The molecule has 7 heteroatoms. The molecule has 1 fully saturated rings. The third kappa shape index (κ3) is 3.20. The van der Waals surface area contributed by atoms with E-state index in [4.69, 9.17) is 0 Å². The summed E-state index contributed by atoms with van der Waals surface area (Å²) in [6.45, 7) is 4.98. The van der Waals surface area contributed by atoms with E-state index >= 15 is 0 Å². The fraction of sp³-hybridized carbons (Fsp3) is 0.320. The van der Waals surface area contributed by atoms with E-state index in [1.165, 1.54) is 12.1 Å². The van der Waals surface area contributed by atoms with Crippen molar-refractivity contribution in [1.29, 1.82) is 0 Å². The molecule has 6 nitrogen and oxygen atoms in total. The van der Waals surface area contributed by atoms with Crippen molar-refractivity contribution < 1.29 is 14.0 Å². The van der Waals surface area contributed by atoms with Crippen molar-refractivity contribution >= 4 is 11.8 Å². The van der Waals surface area contributed by atoms with Crippen molar-refractivity contribution in [3.63, 3.8) is 0 Å². The van der Waals surface area contributed by atoms with Gasteiger partial charge in [-0.05, 0) is 51.0 Å². The highest BCUT2D eigenvalue weighted by atomic mass is 19.1. The Bertz CT molecular complexity index is 1180. The fourth-order valence-electron chi connectivity index (χ4n) is 5.07. The van der Waals surface area contributed by atoms with Crippen molar-refractivity contribution in [2.24, 2.45) is 0 Å². The number of carbonyl (C=O) groups excluding carboxylic acids is 2. The van der Waals surface area contributed by atoms with Crippen molar-refractivity contribution in [3.8, 4) is 5.69 Å². The summed E-state index contributed by atoms with van der Waals surface area (Å²) in [6, 6.07) is 15.7. The van der Waals surface area contributed by atoms with Crippen LogP contribution in [0.4, 0.5) is 4.39 Å². The smallest absolute Gasteiger partial charge is 0.273 e. The highest BCUT2D eigenvalue weighted by Crippen LogP contribution is 2.40. The minimum Gasteiger partial charge on any atom is -0.338 e. The number of para-hydroxylation sites is 1. The zero-order chi connectivity index (χ0) is 22.4. The van der Waals surface area contributed by atoms with Crippen LogP contribution in [0.2, 0.25) is 0 Å². The number of nitrogens with zero attached hydrogens (tertiary/aromatic N) is 4. The normalized spacial score (nSPS) is 18.8. The first-order valence-corrected chi connectivity index (χ1v) is 11.0. The van der Waals surface area contributed by atoms with E-state index in [1.54, 1.807) is 21.7 Å².